The molecule has 2 bridgehead atoms. The minimum Gasteiger partial charge on any atom is -0.508 e. The van der Waals surface area contributed by atoms with Gasteiger partial charge in [-0.15, -0.1) is 11.3 Å². The number of aliphatic hydroxyl groups excluding tert-OH is 1. The predicted molar refractivity (Wildman–Crippen MR) is 101 cm³/mol. The van der Waals surface area contributed by atoms with Gasteiger partial charge in [0.25, 0.3) is 0 Å². The van der Waals surface area contributed by atoms with Crippen LogP contribution in [0.3, 0.4) is 0 Å². The fourth-order valence-electron chi connectivity index (χ4n) is 3.75. The van der Waals surface area contributed by atoms with Gasteiger partial charge in [0.2, 0.25) is 0 Å². The average Bonchev–Trinajstić information content (AvgIpc) is 3.19. The largest absolute Gasteiger partial charge is 0.508 e. The maximum absolute atomic E-state index is 12.8. The molecule has 25 heavy (non-hydrogen) atoms. The van der Waals surface area contributed by atoms with Crippen molar-refractivity contribution >= 4 is 34.3 Å². The Morgan fingerprint density at radius 1 is 1.36 bits per heavy atom. The van der Waals surface area contributed by atoms with Gasteiger partial charge in [-0.1, -0.05) is 30.7 Å². The molecule has 1 N–H and O–H groups in total. The minimum absolute atomic E-state index is 0.0767. The molecule has 4 rings (SSSR count). The molecule has 5 heteroatoms. The Morgan fingerprint density at radius 2 is 2.16 bits per heavy atom. The van der Waals surface area contributed by atoms with E-state index in [9.17, 15) is 9.90 Å². The Balaban J connectivity index is 1.84. The number of carbonyl (C=O) groups is 1. The molecule has 1 saturated heterocycles. The highest BCUT2D eigenvalue weighted by Crippen LogP contribution is 2.45. The van der Waals surface area contributed by atoms with E-state index in [1.54, 1.807) is 0 Å². The highest BCUT2D eigenvalue weighted by Gasteiger charge is 2.50. The number of carbonyl (C=O) groups excluding carboxylic acids is 1. The molecule has 2 unspecified atom stereocenters. The molecule has 2 aliphatic rings. The number of ether oxygens (including phenoxy) is 1. The Kier molecular flexibility index (Phi) is 4.02. The van der Waals surface area contributed by atoms with Crippen LogP contribution in [0.5, 0.6) is 0 Å². The smallest absolute Gasteiger partial charge is 0.195 e. The number of thiophene rings is 1. The first kappa shape index (κ1) is 16.8. The molecule has 3 heterocycles. The van der Waals surface area contributed by atoms with Gasteiger partial charge in [-0.2, -0.15) is 0 Å². The second-order valence-corrected chi connectivity index (χ2v) is 8.51. The number of ketones is 1. The third-order valence-corrected chi connectivity index (χ3v) is 6.46. The molecule has 1 aromatic heterocycles. The van der Waals surface area contributed by atoms with Gasteiger partial charge in [-0.05, 0) is 61.1 Å². The number of Topliss-reactive ketones (excluding diaryl/α,β-unsaturated/α-hetero) is 1. The third-order valence-electron chi connectivity index (χ3n) is 5.18. The van der Waals surface area contributed by atoms with E-state index in [1.165, 1.54) is 11.3 Å². The molecule has 0 aliphatic carbocycles. The molecule has 3 nitrogen and oxygen atoms in total. The Bertz CT molecular complexity index is 898. The zero-order chi connectivity index (χ0) is 17.8. The highest BCUT2D eigenvalue weighted by molar-refractivity contribution is 7.19. The van der Waals surface area contributed by atoms with Crippen molar-refractivity contribution in [3.05, 3.63) is 51.6 Å². The maximum atomic E-state index is 12.8. The van der Waals surface area contributed by atoms with E-state index in [1.807, 2.05) is 31.2 Å². The van der Waals surface area contributed by atoms with Gasteiger partial charge in [0.05, 0.1) is 9.91 Å². The molecular weight excluding hydrogens is 356 g/mol. The van der Waals surface area contributed by atoms with E-state index in [-0.39, 0.29) is 11.5 Å². The molecule has 0 radical (unpaired) electrons. The average molecular weight is 375 g/mol. The van der Waals surface area contributed by atoms with Crippen molar-refractivity contribution in [1.82, 2.24) is 0 Å². The van der Waals surface area contributed by atoms with Crippen molar-refractivity contribution in [2.24, 2.45) is 0 Å². The lowest BCUT2D eigenvalue weighted by Gasteiger charge is -2.31. The number of benzene rings is 1. The van der Waals surface area contributed by atoms with Gasteiger partial charge in [-0.25, -0.2) is 0 Å². The van der Waals surface area contributed by atoms with Gasteiger partial charge < -0.3 is 9.84 Å². The van der Waals surface area contributed by atoms with E-state index >= 15 is 0 Å². The predicted octanol–water partition coefficient (Wildman–Crippen LogP) is 5.42. The second kappa shape index (κ2) is 5.97. The monoisotopic (exact) mass is 374 g/mol. The van der Waals surface area contributed by atoms with Gasteiger partial charge >= 0.3 is 0 Å². The standard InChI is InChI=1S/C20H19ClO3S/c1-3-11-10-12(15-6-7-16(21)25-15)4-5-13(11)17-18(22)14-8-9-20(2,24-14)19(17)23/h4-7,10,14,23H,3,8-9H2,1-2H3. The van der Waals surface area contributed by atoms with Crippen LogP contribution in [0.25, 0.3) is 16.0 Å². The summed E-state index contributed by atoms with van der Waals surface area (Å²) in [4.78, 5) is 13.9. The Hall–Kier alpha value is -1.62. The van der Waals surface area contributed by atoms with Crippen molar-refractivity contribution in [2.45, 2.75) is 44.8 Å². The van der Waals surface area contributed by atoms with Crippen LogP contribution < -0.4 is 0 Å². The molecule has 1 aromatic carbocycles. The SMILES string of the molecule is CCc1cc(-c2ccc(Cl)s2)ccc1C1=C(O)C2(C)CCC(O2)C1=O. The quantitative estimate of drug-likeness (QED) is 0.780. The molecule has 2 aliphatic heterocycles. The number of aryl methyl sites for hydroxylation is 1. The van der Waals surface area contributed by atoms with Crippen LogP contribution in [0.15, 0.2) is 36.1 Å². The number of fused-ring (bicyclic) bond motifs is 2. The lowest BCUT2D eigenvalue weighted by atomic mass is 9.87. The fourth-order valence-corrected chi connectivity index (χ4v) is 4.79. The summed E-state index contributed by atoms with van der Waals surface area (Å²) in [6, 6.07) is 9.91. The number of rotatable bonds is 3. The van der Waals surface area contributed by atoms with Crippen molar-refractivity contribution in [1.29, 1.82) is 0 Å². The van der Waals surface area contributed by atoms with Crippen LogP contribution >= 0.6 is 22.9 Å². The fraction of sp³-hybridized carbons (Fsp3) is 0.350. The number of aliphatic hydroxyl groups is 1. The molecule has 0 amide bonds. The number of hydrogen-bond donors (Lipinski definition) is 1. The lowest BCUT2D eigenvalue weighted by molar-refractivity contribution is -0.130. The summed E-state index contributed by atoms with van der Waals surface area (Å²) in [5.74, 6) is -0.0260. The van der Waals surface area contributed by atoms with E-state index in [0.29, 0.717) is 18.4 Å². The van der Waals surface area contributed by atoms with Crippen molar-refractivity contribution in [3.8, 4) is 10.4 Å². The summed E-state index contributed by atoms with van der Waals surface area (Å²) < 4.78 is 6.51. The molecular formula is C20H19ClO3S. The van der Waals surface area contributed by atoms with Crippen LogP contribution in [0.4, 0.5) is 0 Å². The van der Waals surface area contributed by atoms with Crippen molar-refractivity contribution < 1.29 is 14.6 Å². The second-order valence-electron chi connectivity index (χ2n) is 6.79. The number of hydrogen-bond acceptors (Lipinski definition) is 4. The van der Waals surface area contributed by atoms with Gasteiger partial charge in [0.15, 0.2) is 5.78 Å². The first-order valence-electron chi connectivity index (χ1n) is 8.47. The molecule has 2 atom stereocenters. The zero-order valence-electron chi connectivity index (χ0n) is 14.1. The van der Waals surface area contributed by atoms with Gasteiger partial charge in [0, 0.05) is 4.88 Å². The highest BCUT2D eigenvalue weighted by atomic mass is 35.5. The lowest BCUT2D eigenvalue weighted by Crippen LogP contribution is -2.37. The molecule has 0 saturated carbocycles. The summed E-state index contributed by atoms with van der Waals surface area (Å²) in [6.45, 7) is 3.92. The van der Waals surface area contributed by atoms with Crippen LogP contribution in [0, 0.1) is 0 Å². The van der Waals surface area contributed by atoms with Crippen LogP contribution in [0.1, 0.15) is 37.8 Å². The van der Waals surface area contributed by atoms with Gasteiger partial charge in [-0.3, -0.25) is 4.79 Å². The van der Waals surface area contributed by atoms with E-state index in [0.717, 1.165) is 32.3 Å². The Morgan fingerprint density at radius 3 is 2.84 bits per heavy atom. The normalized spacial score (nSPS) is 25.7. The summed E-state index contributed by atoms with van der Waals surface area (Å²) in [5, 5.41) is 10.8. The summed E-state index contributed by atoms with van der Waals surface area (Å²) in [5.41, 5.74) is 2.63. The van der Waals surface area contributed by atoms with E-state index in [4.69, 9.17) is 16.3 Å². The van der Waals surface area contributed by atoms with Gasteiger partial charge in [0.1, 0.15) is 17.5 Å². The number of halogens is 1. The third kappa shape index (κ3) is 2.64. The minimum atomic E-state index is -0.737. The maximum Gasteiger partial charge on any atom is 0.195 e. The van der Waals surface area contributed by atoms with Crippen LogP contribution in [-0.4, -0.2) is 22.6 Å². The van der Waals surface area contributed by atoms with Crippen molar-refractivity contribution in [3.63, 3.8) is 0 Å². The van der Waals surface area contributed by atoms with Crippen LogP contribution in [-0.2, 0) is 16.0 Å². The van der Waals surface area contributed by atoms with E-state index in [2.05, 4.69) is 13.0 Å². The van der Waals surface area contributed by atoms with Crippen LogP contribution in [0.2, 0.25) is 4.34 Å². The summed E-state index contributed by atoms with van der Waals surface area (Å²) >= 11 is 7.58. The molecule has 1 fully saturated rings. The molecule has 0 spiro atoms. The first-order chi connectivity index (χ1) is 11.9. The topological polar surface area (TPSA) is 46.5 Å². The molecule has 130 valence electrons. The zero-order valence-corrected chi connectivity index (χ0v) is 15.7. The first-order valence-corrected chi connectivity index (χ1v) is 9.67. The summed E-state index contributed by atoms with van der Waals surface area (Å²) in [7, 11) is 0. The van der Waals surface area contributed by atoms with Crippen molar-refractivity contribution in [2.75, 3.05) is 0 Å². The Labute approximate surface area is 155 Å². The summed E-state index contributed by atoms with van der Waals surface area (Å²) in [6.07, 6.45) is 1.67. The molecule has 2 aromatic rings. The van der Waals surface area contributed by atoms with E-state index < -0.39 is 11.7 Å².